The zero-order valence-electron chi connectivity index (χ0n) is 10.0. The van der Waals surface area contributed by atoms with Crippen LogP contribution in [-0.2, 0) is 6.42 Å². The molecule has 0 radical (unpaired) electrons. The second-order valence-corrected chi connectivity index (χ2v) is 4.88. The van der Waals surface area contributed by atoms with E-state index in [1.165, 1.54) is 0 Å². The van der Waals surface area contributed by atoms with Gasteiger partial charge >= 0.3 is 0 Å². The molecule has 0 spiro atoms. The van der Waals surface area contributed by atoms with E-state index in [-0.39, 0.29) is 0 Å². The molecule has 2 aromatic rings. The molecule has 88 valence electrons. The molecule has 0 atom stereocenters. The first kappa shape index (κ1) is 12.1. The van der Waals surface area contributed by atoms with Crippen LogP contribution in [0.1, 0.15) is 19.5 Å². The minimum atomic E-state index is 0.593. The highest BCUT2D eigenvalue weighted by atomic mass is 35.5. The Morgan fingerprint density at radius 1 is 1.12 bits per heavy atom. The Kier molecular flexibility index (Phi) is 3.75. The van der Waals surface area contributed by atoms with E-state index in [4.69, 9.17) is 11.6 Å². The lowest BCUT2D eigenvalue weighted by Gasteiger charge is -2.06. The average Bonchev–Trinajstić information content (AvgIpc) is 2.30. The normalized spacial score (nSPS) is 10.8. The van der Waals surface area contributed by atoms with Crippen molar-refractivity contribution in [2.45, 2.75) is 20.3 Å². The van der Waals surface area contributed by atoms with Gasteiger partial charge in [-0.3, -0.25) is 9.97 Å². The van der Waals surface area contributed by atoms with Crippen LogP contribution in [0.25, 0.3) is 11.3 Å². The standard InChI is InChI=1S/C14H15ClN2/c1-10(2)7-11-8-17-14(9-16-11)12-5-3-4-6-13(12)15/h3-6,8-10H,7H2,1-2H3. The average molecular weight is 247 g/mol. The summed E-state index contributed by atoms with van der Waals surface area (Å²) in [6.45, 7) is 4.34. The van der Waals surface area contributed by atoms with Gasteiger partial charge in [0.05, 0.1) is 22.6 Å². The van der Waals surface area contributed by atoms with Gasteiger partial charge in [-0.15, -0.1) is 0 Å². The van der Waals surface area contributed by atoms with Crippen molar-refractivity contribution in [2.24, 2.45) is 5.92 Å². The molecule has 1 aromatic heterocycles. The van der Waals surface area contributed by atoms with E-state index in [2.05, 4.69) is 23.8 Å². The fourth-order valence-electron chi connectivity index (χ4n) is 1.69. The summed E-state index contributed by atoms with van der Waals surface area (Å²) < 4.78 is 0. The van der Waals surface area contributed by atoms with Crippen LogP contribution in [-0.4, -0.2) is 9.97 Å². The van der Waals surface area contributed by atoms with E-state index in [9.17, 15) is 0 Å². The highest BCUT2D eigenvalue weighted by Crippen LogP contribution is 2.25. The van der Waals surface area contributed by atoms with Gasteiger partial charge in [-0.1, -0.05) is 43.6 Å². The van der Waals surface area contributed by atoms with Crippen molar-refractivity contribution < 1.29 is 0 Å². The predicted octanol–water partition coefficient (Wildman–Crippen LogP) is 4.00. The maximum absolute atomic E-state index is 6.12. The number of nitrogens with zero attached hydrogens (tertiary/aromatic N) is 2. The van der Waals surface area contributed by atoms with E-state index in [1.807, 2.05) is 30.5 Å². The number of hydrogen-bond donors (Lipinski definition) is 0. The van der Waals surface area contributed by atoms with Gasteiger partial charge < -0.3 is 0 Å². The van der Waals surface area contributed by atoms with Crippen molar-refractivity contribution in [3.8, 4) is 11.3 Å². The third-order valence-electron chi connectivity index (χ3n) is 2.47. The molecule has 0 aliphatic carbocycles. The molecule has 0 aliphatic heterocycles. The quantitative estimate of drug-likeness (QED) is 0.818. The zero-order valence-corrected chi connectivity index (χ0v) is 10.8. The molecule has 17 heavy (non-hydrogen) atoms. The Bertz CT molecular complexity index is 492. The van der Waals surface area contributed by atoms with Gasteiger partial charge in [0.15, 0.2) is 0 Å². The van der Waals surface area contributed by atoms with Crippen molar-refractivity contribution in [1.82, 2.24) is 9.97 Å². The largest absolute Gasteiger partial charge is 0.257 e. The molecule has 0 saturated heterocycles. The van der Waals surface area contributed by atoms with Crippen LogP contribution in [0.3, 0.4) is 0 Å². The Morgan fingerprint density at radius 3 is 2.47 bits per heavy atom. The summed E-state index contributed by atoms with van der Waals surface area (Å²) in [6, 6.07) is 7.67. The molecular weight excluding hydrogens is 232 g/mol. The minimum absolute atomic E-state index is 0.593. The molecule has 3 heteroatoms. The number of benzene rings is 1. The van der Waals surface area contributed by atoms with Gasteiger partial charge in [0.25, 0.3) is 0 Å². The number of hydrogen-bond acceptors (Lipinski definition) is 2. The molecule has 1 aromatic carbocycles. The first-order valence-corrected chi connectivity index (χ1v) is 6.10. The minimum Gasteiger partial charge on any atom is -0.257 e. The van der Waals surface area contributed by atoms with E-state index < -0.39 is 0 Å². The number of halogens is 1. The lowest BCUT2D eigenvalue weighted by atomic mass is 10.1. The third kappa shape index (κ3) is 3.04. The number of aromatic nitrogens is 2. The summed E-state index contributed by atoms with van der Waals surface area (Å²) in [5, 5.41) is 0.707. The smallest absolute Gasteiger partial charge is 0.0900 e. The Hall–Kier alpha value is -1.41. The summed E-state index contributed by atoms with van der Waals surface area (Å²) in [7, 11) is 0. The van der Waals surface area contributed by atoms with Crippen LogP contribution in [0.5, 0.6) is 0 Å². The summed E-state index contributed by atoms with van der Waals surface area (Å²) in [5.74, 6) is 0.593. The van der Waals surface area contributed by atoms with Crippen LogP contribution in [0.4, 0.5) is 0 Å². The van der Waals surface area contributed by atoms with Crippen molar-refractivity contribution in [3.63, 3.8) is 0 Å². The Morgan fingerprint density at radius 2 is 1.88 bits per heavy atom. The summed E-state index contributed by atoms with van der Waals surface area (Å²) in [4.78, 5) is 8.83. The van der Waals surface area contributed by atoms with Crippen molar-refractivity contribution >= 4 is 11.6 Å². The summed E-state index contributed by atoms with van der Waals surface area (Å²) in [6.07, 6.45) is 4.58. The molecule has 0 N–H and O–H groups in total. The molecule has 0 amide bonds. The highest BCUT2D eigenvalue weighted by Gasteiger charge is 2.05. The van der Waals surface area contributed by atoms with E-state index in [0.717, 1.165) is 23.4 Å². The van der Waals surface area contributed by atoms with Gasteiger partial charge in [-0.05, 0) is 18.4 Å². The highest BCUT2D eigenvalue weighted by molar-refractivity contribution is 6.33. The van der Waals surface area contributed by atoms with Crippen molar-refractivity contribution in [3.05, 3.63) is 47.4 Å². The maximum Gasteiger partial charge on any atom is 0.0900 e. The van der Waals surface area contributed by atoms with Gasteiger partial charge in [-0.25, -0.2) is 0 Å². The van der Waals surface area contributed by atoms with E-state index in [1.54, 1.807) is 6.20 Å². The van der Waals surface area contributed by atoms with Crippen LogP contribution < -0.4 is 0 Å². The first-order valence-electron chi connectivity index (χ1n) is 5.72. The molecule has 2 rings (SSSR count). The van der Waals surface area contributed by atoms with Gasteiger partial charge in [0, 0.05) is 11.8 Å². The van der Waals surface area contributed by atoms with E-state index in [0.29, 0.717) is 10.9 Å². The summed E-state index contributed by atoms with van der Waals surface area (Å²) >= 11 is 6.12. The molecule has 0 aliphatic rings. The monoisotopic (exact) mass is 246 g/mol. The summed E-state index contributed by atoms with van der Waals surface area (Å²) in [5.41, 5.74) is 2.77. The molecule has 2 nitrogen and oxygen atoms in total. The Labute approximate surface area is 107 Å². The van der Waals surface area contributed by atoms with Gasteiger partial charge in [0.2, 0.25) is 0 Å². The van der Waals surface area contributed by atoms with Crippen LogP contribution >= 0.6 is 11.6 Å². The van der Waals surface area contributed by atoms with Crippen LogP contribution in [0.2, 0.25) is 5.02 Å². The second-order valence-electron chi connectivity index (χ2n) is 4.47. The lowest BCUT2D eigenvalue weighted by molar-refractivity contribution is 0.633. The van der Waals surface area contributed by atoms with Crippen LogP contribution in [0.15, 0.2) is 36.7 Å². The van der Waals surface area contributed by atoms with Crippen molar-refractivity contribution in [2.75, 3.05) is 0 Å². The van der Waals surface area contributed by atoms with E-state index >= 15 is 0 Å². The zero-order chi connectivity index (χ0) is 12.3. The molecule has 0 fully saturated rings. The topological polar surface area (TPSA) is 25.8 Å². The SMILES string of the molecule is CC(C)Cc1cnc(-c2ccccc2Cl)cn1. The van der Waals surface area contributed by atoms with Gasteiger partial charge in [-0.2, -0.15) is 0 Å². The number of rotatable bonds is 3. The third-order valence-corrected chi connectivity index (χ3v) is 2.80. The molecule has 0 saturated carbocycles. The van der Waals surface area contributed by atoms with Crippen LogP contribution in [0, 0.1) is 5.92 Å². The Balaban J connectivity index is 2.27. The molecule has 0 unspecified atom stereocenters. The predicted molar refractivity (Wildman–Crippen MR) is 71.0 cm³/mol. The fraction of sp³-hybridized carbons (Fsp3) is 0.286. The lowest BCUT2D eigenvalue weighted by Crippen LogP contribution is -1.98. The molecule has 1 heterocycles. The fourth-order valence-corrected chi connectivity index (χ4v) is 1.92. The van der Waals surface area contributed by atoms with Crippen molar-refractivity contribution in [1.29, 1.82) is 0 Å². The maximum atomic E-state index is 6.12. The molecular formula is C14H15ClN2. The molecule has 0 bridgehead atoms. The first-order chi connectivity index (χ1) is 8.16. The van der Waals surface area contributed by atoms with Gasteiger partial charge in [0.1, 0.15) is 0 Å². The second kappa shape index (κ2) is 5.28.